The van der Waals surface area contributed by atoms with E-state index in [0.717, 1.165) is 29.1 Å². The summed E-state index contributed by atoms with van der Waals surface area (Å²) in [5.41, 5.74) is 5.12. The van der Waals surface area contributed by atoms with E-state index >= 15 is 0 Å². The first-order valence-corrected chi connectivity index (χ1v) is 10.4. The molecule has 0 spiro atoms. The summed E-state index contributed by atoms with van der Waals surface area (Å²) >= 11 is 0. The molecular weight excluding hydrogens is 364 g/mol. The number of aryl methyl sites for hydroxylation is 2. The van der Waals surface area contributed by atoms with Gasteiger partial charge < -0.3 is 10.2 Å². The summed E-state index contributed by atoms with van der Waals surface area (Å²) in [7, 11) is 0. The van der Waals surface area contributed by atoms with Crippen LogP contribution in [-0.2, 0) is 24.3 Å². The van der Waals surface area contributed by atoms with Crippen molar-refractivity contribution in [1.29, 1.82) is 0 Å². The van der Waals surface area contributed by atoms with Gasteiger partial charge in [0.25, 0.3) is 5.78 Å². The van der Waals surface area contributed by atoms with Crippen molar-refractivity contribution in [2.75, 3.05) is 13.1 Å². The number of likely N-dealkylation sites (tertiary alicyclic amines) is 1. The molecule has 0 bridgehead atoms. The van der Waals surface area contributed by atoms with Gasteiger partial charge in [-0.15, -0.1) is 0 Å². The van der Waals surface area contributed by atoms with Crippen LogP contribution in [0.5, 0.6) is 0 Å². The van der Waals surface area contributed by atoms with Gasteiger partial charge in [-0.25, -0.2) is 9.50 Å². The predicted octanol–water partition coefficient (Wildman–Crippen LogP) is 1.17. The number of nitrogens with one attached hydrogen (secondary N) is 2. The van der Waals surface area contributed by atoms with Crippen LogP contribution in [0.4, 0.5) is 0 Å². The van der Waals surface area contributed by atoms with E-state index < -0.39 is 0 Å². The fraction of sp³-hybridized carbons (Fsp3) is 0.455. The van der Waals surface area contributed by atoms with Crippen LogP contribution in [-0.4, -0.2) is 38.6 Å². The lowest BCUT2D eigenvalue weighted by molar-refractivity contribution is -0.918. The third-order valence-electron chi connectivity index (χ3n) is 5.85. The number of nitrogens with zero attached hydrogens (tertiary/aromatic N) is 4. The molecule has 29 heavy (non-hydrogen) atoms. The molecule has 1 aliphatic rings. The van der Waals surface area contributed by atoms with E-state index in [9.17, 15) is 4.79 Å². The van der Waals surface area contributed by atoms with E-state index in [1.807, 2.05) is 13.8 Å². The van der Waals surface area contributed by atoms with E-state index in [2.05, 4.69) is 44.6 Å². The van der Waals surface area contributed by atoms with E-state index in [0.29, 0.717) is 12.3 Å². The average molecular weight is 394 g/mol. The first-order chi connectivity index (χ1) is 14.1. The van der Waals surface area contributed by atoms with Crippen molar-refractivity contribution >= 4 is 11.7 Å². The number of aromatic nitrogens is 4. The number of carbonyl (C=O) groups is 1. The highest BCUT2D eigenvalue weighted by molar-refractivity contribution is 5.79. The SMILES string of the molecule is Cc1nc2ncnn2c(C)c1CC(=O)NCc1ccc(C[NH+]2CCCCC2)cc1. The minimum Gasteiger partial charge on any atom is -0.352 e. The molecule has 0 unspecified atom stereocenters. The number of rotatable bonds is 6. The number of hydrogen-bond acceptors (Lipinski definition) is 4. The van der Waals surface area contributed by atoms with Crippen LogP contribution in [0.3, 0.4) is 0 Å². The average Bonchev–Trinajstić information content (AvgIpc) is 3.20. The Bertz CT molecular complexity index is 988. The molecule has 1 aliphatic heterocycles. The summed E-state index contributed by atoms with van der Waals surface area (Å²) in [6.45, 7) is 8.06. The van der Waals surface area contributed by atoms with Crippen LogP contribution >= 0.6 is 0 Å². The molecule has 0 saturated carbocycles. The molecule has 3 heterocycles. The molecule has 152 valence electrons. The minimum absolute atomic E-state index is 0.0145. The van der Waals surface area contributed by atoms with Gasteiger partial charge in [0, 0.05) is 29.1 Å². The Kier molecular flexibility index (Phi) is 5.85. The normalized spacial score (nSPS) is 15.0. The third-order valence-corrected chi connectivity index (χ3v) is 5.85. The molecule has 0 aliphatic carbocycles. The first kappa shape index (κ1) is 19.5. The van der Waals surface area contributed by atoms with Crippen LogP contribution in [0.25, 0.3) is 5.78 Å². The third kappa shape index (κ3) is 4.62. The van der Waals surface area contributed by atoms with Gasteiger partial charge in [-0.2, -0.15) is 10.1 Å². The van der Waals surface area contributed by atoms with Crippen LogP contribution in [0.2, 0.25) is 0 Å². The molecular formula is C22H29N6O+. The lowest BCUT2D eigenvalue weighted by atomic mass is 10.1. The summed E-state index contributed by atoms with van der Waals surface area (Å²) in [6, 6.07) is 8.64. The quantitative estimate of drug-likeness (QED) is 0.659. The fourth-order valence-electron chi connectivity index (χ4n) is 4.13. The number of benzene rings is 1. The smallest absolute Gasteiger partial charge is 0.252 e. The highest BCUT2D eigenvalue weighted by atomic mass is 16.1. The van der Waals surface area contributed by atoms with Crippen LogP contribution in [0.15, 0.2) is 30.6 Å². The van der Waals surface area contributed by atoms with Gasteiger partial charge in [0.05, 0.1) is 19.5 Å². The molecule has 7 heteroatoms. The largest absolute Gasteiger partial charge is 0.352 e. The fourth-order valence-corrected chi connectivity index (χ4v) is 4.13. The zero-order chi connectivity index (χ0) is 20.2. The molecule has 3 aromatic rings. The van der Waals surface area contributed by atoms with Crippen molar-refractivity contribution in [3.8, 4) is 0 Å². The molecule has 0 radical (unpaired) electrons. The lowest BCUT2D eigenvalue weighted by Gasteiger charge is -2.23. The molecule has 1 fully saturated rings. The molecule has 2 N–H and O–H groups in total. The topological polar surface area (TPSA) is 76.6 Å². The monoisotopic (exact) mass is 393 g/mol. The molecule has 0 atom stereocenters. The Morgan fingerprint density at radius 2 is 1.83 bits per heavy atom. The first-order valence-electron chi connectivity index (χ1n) is 10.4. The number of amides is 1. The summed E-state index contributed by atoms with van der Waals surface area (Å²) in [4.78, 5) is 22.7. The van der Waals surface area contributed by atoms with Gasteiger partial charge in [-0.1, -0.05) is 24.3 Å². The lowest BCUT2D eigenvalue weighted by Crippen LogP contribution is -3.11. The van der Waals surface area contributed by atoms with Gasteiger partial charge in [-0.05, 0) is 38.7 Å². The van der Waals surface area contributed by atoms with E-state index in [-0.39, 0.29) is 12.3 Å². The second-order valence-corrected chi connectivity index (χ2v) is 7.99. The summed E-state index contributed by atoms with van der Waals surface area (Å²) < 4.78 is 1.68. The number of piperidine rings is 1. The van der Waals surface area contributed by atoms with Gasteiger partial charge in [0.1, 0.15) is 12.9 Å². The molecule has 7 nitrogen and oxygen atoms in total. The molecule has 4 rings (SSSR count). The van der Waals surface area contributed by atoms with Crippen molar-refractivity contribution in [3.05, 3.63) is 58.7 Å². The predicted molar refractivity (Wildman–Crippen MR) is 111 cm³/mol. The maximum Gasteiger partial charge on any atom is 0.252 e. The highest BCUT2D eigenvalue weighted by Crippen LogP contribution is 2.13. The van der Waals surface area contributed by atoms with Gasteiger partial charge in [0.15, 0.2) is 0 Å². The van der Waals surface area contributed by atoms with Gasteiger partial charge >= 0.3 is 0 Å². The van der Waals surface area contributed by atoms with Crippen molar-refractivity contribution < 1.29 is 9.69 Å². The molecule has 1 amide bonds. The van der Waals surface area contributed by atoms with Crippen LogP contribution in [0.1, 0.15) is 47.3 Å². The number of quaternary nitrogens is 1. The molecule has 1 aromatic carbocycles. The Balaban J connectivity index is 1.32. The highest BCUT2D eigenvalue weighted by Gasteiger charge is 2.15. The van der Waals surface area contributed by atoms with Gasteiger partial charge in [0.2, 0.25) is 5.91 Å². The Morgan fingerprint density at radius 1 is 1.10 bits per heavy atom. The van der Waals surface area contributed by atoms with E-state index in [1.54, 1.807) is 9.42 Å². The second kappa shape index (κ2) is 8.69. The van der Waals surface area contributed by atoms with E-state index in [4.69, 9.17) is 0 Å². The second-order valence-electron chi connectivity index (χ2n) is 7.99. The zero-order valence-electron chi connectivity index (χ0n) is 17.2. The van der Waals surface area contributed by atoms with Gasteiger partial charge in [-0.3, -0.25) is 4.79 Å². The molecule has 2 aromatic heterocycles. The number of fused-ring (bicyclic) bond motifs is 1. The zero-order valence-corrected chi connectivity index (χ0v) is 17.2. The maximum absolute atomic E-state index is 12.5. The standard InChI is InChI=1S/C22H28N6O/c1-16-20(17(2)28-22(26-16)24-15-25-28)12-21(29)23-13-18-6-8-19(9-7-18)14-27-10-4-3-5-11-27/h6-9,15H,3-5,10-14H2,1-2H3,(H,23,29)/p+1. The summed E-state index contributed by atoms with van der Waals surface area (Å²) in [6.07, 6.45) is 5.84. The van der Waals surface area contributed by atoms with Crippen molar-refractivity contribution in [2.45, 2.75) is 52.6 Å². The summed E-state index contributed by atoms with van der Waals surface area (Å²) in [5.74, 6) is 0.551. The number of carbonyl (C=O) groups excluding carboxylic acids is 1. The van der Waals surface area contributed by atoms with E-state index in [1.165, 1.54) is 44.2 Å². The Hall–Kier alpha value is -2.80. The van der Waals surface area contributed by atoms with Crippen molar-refractivity contribution in [3.63, 3.8) is 0 Å². The maximum atomic E-state index is 12.5. The molecule has 1 saturated heterocycles. The van der Waals surface area contributed by atoms with Crippen LogP contribution in [0, 0.1) is 13.8 Å². The minimum atomic E-state index is -0.0145. The van der Waals surface area contributed by atoms with Crippen molar-refractivity contribution in [1.82, 2.24) is 24.9 Å². The Labute approximate surface area is 171 Å². The Morgan fingerprint density at radius 3 is 2.59 bits per heavy atom. The van der Waals surface area contributed by atoms with Crippen LogP contribution < -0.4 is 10.2 Å². The van der Waals surface area contributed by atoms with Crippen molar-refractivity contribution in [2.24, 2.45) is 0 Å². The summed E-state index contributed by atoms with van der Waals surface area (Å²) in [5, 5.41) is 7.21. The number of hydrogen-bond donors (Lipinski definition) is 2.